The van der Waals surface area contributed by atoms with Crippen LogP contribution >= 0.6 is 0 Å². The maximum Gasteiger partial charge on any atom is 0.303 e. The summed E-state index contributed by atoms with van der Waals surface area (Å²) < 4.78 is 0. The number of nitrogens with zero attached hydrogens (tertiary/aromatic N) is 1. The molecule has 2 rings (SSSR count). The first kappa shape index (κ1) is 13.9. The standard InChI is InChI=1S/C15H22N2O2/c1-11-3-5-14(9-12(11)2)17-8-7-16-13(10-17)4-6-15(18)19/h3,5,9,13,16H,4,6-8,10H2,1-2H3,(H,18,19). The molecule has 1 saturated heterocycles. The third kappa shape index (κ3) is 3.70. The Hall–Kier alpha value is -1.55. The molecule has 1 fully saturated rings. The summed E-state index contributed by atoms with van der Waals surface area (Å²) >= 11 is 0. The van der Waals surface area contributed by atoms with Gasteiger partial charge in [-0.2, -0.15) is 0 Å². The first-order valence-electron chi connectivity index (χ1n) is 6.83. The van der Waals surface area contributed by atoms with Crippen molar-refractivity contribution >= 4 is 11.7 Å². The van der Waals surface area contributed by atoms with E-state index in [0.29, 0.717) is 6.42 Å². The van der Waals surface area contributed by atoms with E-state index in [1.54, 1.807) is 0 Å². The second-order valence-corrected chi connectivity index (χ2v) is 5.30. The SMILES string of the molecule is Cc1ccc(N2CCNC(CCC(=O)O)C2)cc1C. The van der Waals surface area contributed by atoms with Crippen molar-refractivity contribution in [1.82, 2.24) is 5.32 Å². The molecule has 1 aliphatic rings. The normalized spacial score (nSPS) is 19.5. The summed E-state index contributed by atoms with van der Waals surface area (Å²) in [4.78, 5) is 13.0. The summed E-state index contributed by atoms with van der Waals surface area (Å²) in [7, 11) is 0. The molecule has 0 amide bonds. The van der Waals surface area contributed by atoms with Crippen LogP contribution in [0.15, 0.2) is 18.2 Å². The lowest BCUT2D eigenvalue weighted by molar-refractivity contribution is -0.137. The van der Waals surface area contributed by atoms with Gasteiger partial charge in [-0.05, 0) is 43.5 Å². The number of anilines is 1. The molecular formula is C15H22N2O2. The topological polar surface area (TPSA) is 52.6 Å². The summed E-state index contributed by atoms with van der Waals surface area (Å²) in [6.07, 6.45) is 0.926. The van der Waals surface area contributed by atoms with Crippen molar-refractivity contribution in [1.29, 1.82) is 0 Å². The van der Waals surface area contributed by atoms with Gasteiger partial charge in [0.05, 0.1) is 0 Å². The average molecular weight is 262 g/mol. The zero-order valence-electron chi connectivity index (χ0n) is 11.6. The first-order chi connectivity index (χ1) is 9.06. The summed E-state index contributed by atoms with van der Waals surface area (Å²) in [5.74, 6) is -0.717. The van der Waals surface area contributed by atoms with Crippen LogP contribution < -0.4 is 10.2 Å². The molecule has 1 aromatic rings. The Balaban J connectivity index is 2.00. The fourth-order valence-corrected chi connectivity index (χ4v) is 2.47. The van der Waals surface area contributed by atoms with E-state index in [-0.39, 0.29) is 12.5 Å². The van der Waals surface area contributed by atoms with Gasteiger partial charge in [0.25, 0.3) is 0 Å². The molecule has 0 aliphatic carbocycles. The predicted molar refractivity (Wildman–Crippen MR) is 76.8 cm³/mol. The zero-order chi connectivity index (χ0) is 13.8. The van der Waals surface area contributed by atoms with E-state index in [9.17, 15) is 4.79 Å². The molecule has 1 aromatic carbocycles. The van der Waals surface area contributed by atoms with Crippen LogP contribution in [0.1, 0.15) is 24.0 Å². The third-order valence-electron chi connectivity index (χ3n) is 3.82. The van der Waals surface area contributed by atoms with Crippen LogP contribution in [-0.2, 0) is 4.79 Å². The van der Waals surface area contributed by atoms with Crippen LogP contribution in [-0.4, -0.2) is 36.8 Å². The average Bonchev–Trinajstić information content (AvgIpc) is 2.40. The molecule has 2 N–H and O–H groups in total. The lowest BCUT2D eigenvalue weighted by Crippen LogP contribution is -2.50. The molecule has 1 heterocycles. The number of benzene rings is 1. The summed E-state index contributed by atoms with van der Waals surface area (Å²) in [5, 5.41) is 12.1. The van der Waals surface area contributed by atoms with Crippen LogP contribution in [0.3, 0.4) is 0 Å². The molecular weight excluding hydrogens is 240 g/mol. The lowest BCUT2D eigenvalue weighted by atomic mass is 10.1. The smallest absolute Gasteiger partial charge is 0.303 e. The second kappa shape index (κ2) is 6.06. The largest absolute Gasteiger partial charge is 0.481 e. The quantitative estimate of drug-likeness (QED) is 0.871. The van der Waals surface area contributed by atoms with Crippen LogP contribution in [0, 0.1) is 13.8 Å². The van der Waals surface area contributed by atoms with Crippen molar-refractivity contribution in [2.45, 2.75) is 32.7 Å². The van der Waals surface area contributed by atoms with Gasteiger partial charge >= 0.3 is 5.97 Å². The molecule has 1 atom stereocenters. The van der Waals surface area contributed by atoms with Gasteiger partial charge in [-0.25, -0.2) is 0 Å². The maximum absolute atomic E-state index is 10.6. The van der Waals surface area contributed by atoms with Crippen LogP contribution in [0.5, 0.6) is 0 Å². The van der Waals surface area contributed by atoms with E-state index in [1.807, 2.05) is 0 Å². The van der Waals surface area contributed by atoms with Crippen LogP contribution in [0.2, 0.25) is 0 Å². The number of piperazine rings is 1. The highest BCUT2D eigenvalue weighted by Crippen LogP contribution is 2.20. The number of hydrogen-bond acceptors (Lipinski definition) is 3. The van der Waals surface area contributed by atoms with E-state index >= 15 is 0 Å². The fraction of sp³-hybridized carbons (Fsp3) is 0.533. The Kier molecular flexibility index (Phi) is 4.43. The van der Waals surface area contributed by atoms with Crippen molar-refractivity contribution in [3.8, 4) is 0 Å². The van der Waals surface area contributed by atoms with E-state index in [4.69, 9.17) is 5.11 Å². The molecule has 0 aromatic heterocycles. The highest BCUT2D eigenvalue weighted by molar-refractivity contribution is 5.66. The van der Waals surface area contributed by atoms with Gasteiger partial charge in [0.2, 0.25) is 0 Å². The Morgan fingerprint density at radius 2 is 2.21 bits per heavy atom. The van der Waals surface area contributed by atoms with E-state index in [1.165, 1.54) is 16.8 Å². The van der Waals surface area contributed by atoms with Crippen molar-refractivity contribution < 1.29 is 9.90 Å². The summed E-state index contributed by atoms with van der Waals surface area (Å²) in [5.41, 5.74) is 3.85. The molecule has 19 heavy (non-hydrogen) atoms. The van der Waals surface area contributed by atoms with Crippen molar-refractivity contribution in [3.63, 3.8) is 0 Å². The van der Waals surface area contributed by atoms with E-state index < -0.39 is 5.97 Å². The molecule has 104 valence electrons. The van der Waals surface area contributed by atoms with Crippen LogP contribution in [0.4, 0.5) is 5.69 Å². The van der Waals surface area contributed by atoms with Crippen molar-refractivity contribution in [3.05, 3.63) is 29.3 Å². The predicted octanol–water partition coefficient (Wildman–Crippen LogP) is 1.95. The van der Waals surface area contributed by atoms with Gasteiger partial charge in [-0.15, -0.1) is 0 Å². The van der Waals surface area contributed by atoms with Crippen molar-refractivity contribution in [2.75, 3.05) is 24.5 Å². The maximum atomic E-state index is 10.6. The van der Waals surface area contributed by atoms with Gasteiger partial charge in [-0.1, -0.05) is 6.07 Å². The lowest BCUT2D eigenvalue weighted by Gasteiger charge is -2.35. The fourth-order valence-electron chi connectivity index (χ4n) is 2.47. The molecule has 0 spiro atoms. The molecule has 1 aliphatic heterocycles. The van der Waals surface area contributed by atoms with Crippen molar-refractivity contribution in [2.24, 2.45) is 0 Å². The Morgan fingerprint density at radius 3 is 2.89 bits per heavy atom. The monoisotopic (exact) mass is 262 g/mol. The minimum Gasteiger partial charge on any atom is -0.481 e. The number of rotatable bonds is 4. The van der Waals surface area contributed by atoms with Crippen LogP contribution in [0.25, 0.3) is 0 Å². The van der Waals surface area contributed by atoms with Gasteiger partial charge in [0, 0.05) is 37.8 Å². The van der Waals surface area contributed by atoms with E-state index in [0.717, 1.165) is 19.6 Å². The third-order valence-corrected chi connectivity index (χ3v) is 3.82. The molecule has 0 saturated carbocycles. The second-order valence-electron chi connectivity index (χ2n) is 5.30. The molecule has 1 unspecified atom stereocenters. The minimum atomic E-state index is -0.717. The number of hydrogen-bond donors (Lipinski definition) is 2. The molecule has 4 heteroatoms. The molecule has 0 bridgehead atoms. The Bertz CT molecular complexity index is 459. The molecule has 0 radical (unpaired) electrons. The number of nitrogens with one attached hydrogen (secondary N) is 1. The number of aliphatic carboxylic acids is 1. The summed E-state index contributed by atoms with van der Waals surface area (Å²) in [6.45, 7) is 7.02. The van der Waals surface area contributed by atoms with Gasteiger partial charge in [0.1, 0.15) is 0 Å². The highest BCUT2D eigenvalue weighted by atomic mass is 16.4. The van der Waals surface area contributed by atoms with Gasteiger partial charge in [0.15, 0.2) is 0 Å². The zero-order valence-corrected chi connectivity index (χ0v) is 11.6. The van der Waals surface area contributed by atoms with Gasteiger partial charge in [-0.3, -0.25) is 4.79 Å². The number of carboxylic acids is 1. The van der Waals surface area contributed by atoms with Gasteiger partial charge < -0.3 is 15.3 Å². The number of carboxylic acid groups (broad SMARTS) is 1. The number of carbonyl (C=O) groups is 1. The first-order valence-corrected chi connectivity index (χ1v) is 6.83. The van der Waals surface area contributed by atoms with E-state index in [2.05, 4.69) is 42.3 Å². The Morgan fingerprint density at radius 1 is 1.42 bits per heavy atom. The molecule has 4 nitrogen and oxygen atoms in total. The highest BCUT2D eigenvalue weighted by Gasteiger charge is 2.20. The minimum absolute atomic E-state index is 0.235. The Labute approximate surface area is 114 Å². The summed E-state index contributed by atoms with van der Waals surface area (Å²) in [6, 6.07) is 6.79. The number of aryl methyl sites for hydroxylation is 2.